The lowest BCUT2D eigenvalue weighted by Crippen LogP contribution is -2.41. The van der Waals surface area contributed by atoms with E-state index in [4.69, 9.17) is 4.74 Å². The third-order valence-corrected chi connectivity index (χ3v) is 7.01. The number of carbonyl (C=O) groups is 2. The minimum absolute atomic E-state index is 0.0646. The van der Waals surface area contributed by atoms with E-state index in [2.05, 4.69) is 0 Å². The van der Waals surface area contributed by atoms with Gasteiger partial charge in [0, 0.05) is 52.4 Å². The highest BCUT2D eigenvalue weighted by Crippen LogP contribution is 2.31. The number of halogens is 3. The number of hydrogen-bond donors (Lipinski definition) is 0. The number of piperidine rings is 1. The zero-order valence-electron chi connectivity index (χ0n) is 18.7. The van der Waals surface area contributed by atoms with Crippen LogP contribution < -0.4 is 11.2 Å². The lowest BCUT2D eigenvalue weighted by Gasteiger charge is -2.31. The Labute approximate surface area is 191 Å². The van der Waals surface area contributed by atoms with Gasteiger partial charge in [-0.3, -0.25) is 23.5 Å². The smallest absolute Gasteiger partial charge is 0.389 e. The molecular weight excluding hydrogens is 463 g/mol. The second kappa shape index (κ2) is 9.70. The predicted octanol–water partition coefficient (Wildman–Crippen LogP) is 3.06. The van der Waals surface area contributed by atoms with Crippen molar-refractivity contribution in [1.29, 1.82) is 0 Å². The van der Waals surface area contributed by atoms with Crippen LogP contribution in [0.5, 0.6) is 0 Å². The van der Waals surface area contributed by atoms with Crippen LogP contribution in [0.1, 0.15) is 54.8 Å². The van der Waals surface area contributed by atoms with Gasteiger partial charge < -0.3 is 9.64 Å². The summed E-state index contributed by atoms with van der Waals surface area (Å²) in [4.78, 5) is 52.2. The van der Waals surface area contributed by atoms with E-state index in [-0.39, 0.29) is 52.6 Å². The fraction of sp³-hybridized carbons (Fsp3) is 0.619. The van der Waals surface area contributed by atoms with Crippen molar-refractivity contribution in [2.45, 2.75) is 71.8 Å². The number of alkyl halides is 3. The topological polar surface area (TPSA) is 90.6 Å². The fourth-order valence-electron chi connectivity index (χ4n) is 4.07. The molecule has 0 atom stereocenters. The van der Waals surface area contributed by atoms with Crippen molar-refractivity contribution in [3.8, 4) is 0 Å². The van der Waals surface area contributed by atoms with E-state index >= 15 is 0 Å². The third-order valence-electron chi connectivity index (χ3n) is 5.71. The van der Waals surface area contributed by atoms with Crippen LogP contribution >= 0.6 is 11.3 Å². The zero-order valence-corrected chi connectivity index (χ0v) is 19.5. The third kappa shape index (κ3) is 5.31. The molecule has 1 fully saturated rings. The normalized spacial score (nSPS) is 15.3. The van der Waals surface area contributed by atoms with Gasteiger partial charge in [0.15, 0.2) is 0 Å². The molecule has 2 aromatic heterocycles. The number of aromatic nitrogens is 2. The largest absolute Gasteiger partial charge is 0.462 e. The lowest BCUT2D eigenvalue weighted by atomic mass is 10.1. The molecule has 1 aliphatic heterocycles. The van der Waals surface area contributed by atoms with Crippen molar-refractivity contribution in [3.05, 3.63) is 31.3 Å². The van der Waals surface area contributed by atoms with Gasteiger partial charge in [-0.1, -0.05) is 0 Å². The number of likely N-dealkylation sites (tertiary alicyclic amines) is 1. The molecule has 0 N–H and O–H groups in total. The van der Waals surface area contributed by atoms with Crippen molar-refractivity contribution in [2.75, 3.05) is 13.1 Å². The molecule has 0 aromatic carbocycles. The molecule has 2 aromatic rings. The number of ether oxygens (including phenoxy) is 1. The van der Waals surface area contributed by atoms with E-state index in [9.17, 15) is 32.3 Å². The first-order valence-corrected chi connectivity index (χ1v) is 11.6. The quantitative estimate of drug-likeness (QED) is 0.582. The van der Waals surface area contributed by atoms with E-state index in [1.165, 1.54) is 11.5 Å². The Morgan fingerprint density at radius 1 is 1.15 bits per heavy atom. The molecule has 8 nitrogen and oxygen atoms in total. The van der Waals surface area contributed by atoms with Crippen LogP contribution in [0.2, 0.25) is 0 Å². The average Bonchev–Trinajstić information content (AvgIpc) is 3.07. The molecule has 1 saturated heterocycles. The second-order valence-corrected chi connectivity index (χ2v) is 9.04. The summed E-state index contributed by atoms with van der Waals surface area (Å²) in [6.07, 6.45) is -5.01. The van der Waals surface area contributed by atoms with Crippen molar-refractivity contribution in [3.63, 3.8) is 0 Å². The number of aryl methyl sites for hydroxylation is 2. The first-order valence-electron chi connectivity index (χ1n) is 10.7. The molecule has 3 rings (SSSR count). The summed E-state index contributed by atoms with van der Waals surface area (Å²) in [5.74, 6) is -0.692. The van der Waals surface area contributed by atoms with Crippen LogP contribution in [-0.2, 0) is 22.6 Å². The zero-order chi connectivity index (χ0) is 24.5. The second-order valence-electron chi connectivity index (χ2n) is 8.04. The maximum Gasteiger partial charge on any atom is 0.389 e. The first kappa shape index (κ1) is 25.0. The molecule has 33 heavy (non-hydrogen) atoms. The Balaban J connectivity index is 1.97. The number of amides is 1. The minimum Gasteiger partial charge on any atom is -0.462 e. The molecule has 182 valence electrons. The number of nitrogens with zero attached hydrogens (tertiary/aromatic N) is 3. The van der Waals surface area contributed by atoms with Gasteiger partial charge in [-0.15, -0.1) is 11.3 Å². The molecule has 0 saturated carbocycles. The SMILES string of the molecule is CCn1c(=O)c2c(C)c(C(=O)N3CCC(OC(C)=O)CC3)sc2n(CCCC(F)(F)F)c1=O. The van der Waals surface area contributed by atoms with Gasteiger partial charge in [0.05, 0.1) is 10.3 Å². The molecule has 0 unspecified atom stereocenters. The highest BCUT2D eigenvalue weighted by atomic mass is 32.1. The van der Waals surface area contributed by atoms with Gasteiger partial charge in [-0.2, -0.15) is 13.2 Å². The van der Waals surface area contributed by atoms with Gasteiger partial charge in [0.25, 0.3) is 11.5 Å². The maximum absolute atomic E-state index is 13.2. The molecule has 0 aliphatic carbocycles. The molecule has 12 heteroatoms. The summed E-state index contributed by atoms with van der Waals surface area (Å²) in [5.41, 5.74) is -0.815. The predicted molar refractivity (Wildman–Crippen MR) is 117 cm³/mol. The Hall–Kier alpha value is -2.63. The van der Waals surface area contributed by atoms with E-state index in [1.807, 2.05) is 0 Å². The number of thiophene rings is 1. The van der Waals surface area contributed by atoms with Crippen LogP contribution in [0, 0.1) is 6.92 Å². The standard InChI is InChI=1S/C21H26F3N3O5S/c1-4-26-17(29)15-12(2)16(18(30)25-10-6-14(7-11-25)32-13(3)28)33-19(15)27(20(26)31)9-5-8-21(22,23)24/h14H,4-11H2,1-3H3. The number of esters is 1. The summed E-state index contributed by atoms with van der Waals surface area (Å²) in [6.45, 7) is 5.13. The molecule has 0 spiro atoms. The van der Waals surface area contributed by atoms with E-state index in [0.717, 1.165) is 15.9 Å². The Kier molecular flexibility index (Phi) is 7.35. The summed E-state index contributed by atoms with van der Waals surface area (Å²) in [6, 6.07) is 0. The monoisotopic (exact) mass is 489 g/mol. The molecule has 1 aliphatic rings. The lowest BCUT2D eigenvalue weighted by molar-refractivity contribution is -0.148. The first-order chi connectivity index (χ1) is 15.4. The van der Waals surface area contributed by atoms with Crippen LogP contribution in [0.4, 0.5) is 13.2 Å². The van der Waals surface area contributed by atoms with Crippen LogP contribution in [0.3, 0.4) is 0 Å². The van der Waals surface area contributed by atoms with Crippen LogP contribution in [0.15, 0.2) is 9.59 Å². The molecule has 0 radical (unpaired) electrons. The van der Waals surface area contributed by atoms with Crippen molar-refractivity contribution in [1.82, 2.24) is 14.0 Å². The summed E-state index contributed by atoms with van der Waals surface area (Å²) in [7, 11) is 0. The maximum atomic E-state index is 13.2. The van der Waals surface area contributed by atoms with Gasteiger partial charge in [-0.25, -0.2) is 4.79 Å². The Morgan fingerprint density at radius 2 is 1.79 bits per heavy atom. The molecule has 0 bridgehead atoms. The Morgan fingerprint density at radius 3 is 2.33 bits per heavy atom. The highest BCUT2D eigenvalue weighted by molar-refractivity contribution is 7.20. The average molecular weight is 490 g/mol. The summed E-state index contributed by atoms with van der Waals surface area (Å²) in [5, 5.41) is 0.187. The highest BCUT2D eigenvalue weighted by Gasteiger charge is 2.30. The van der Waals surface area contributed by atoms with Crippen LogP contribution in [0.25, 0.3) is 10.2 Å². The van der Waals surface area contributed by atoms with Gasteiger partial charge in [0.1, 0.15) is 10.9 Å². The minimum atomic E-state index is -4.35. The number of carbonyl (C=O) groups excluding carboxylic acids is 2. The molecule has 1 amide bonds. The fourth-order valence-corrected chi connectivity index (χ4v) is 5.35. The van der Waals surface area contributed by atoms with E-state index in [0.29, 0.717) is 31.5 Å². The summed E-state index contributed by atoms with van der Waals surface area (Å²) >= 11 is 0.961. The van der Waals surface area contributed by atoms with Gasteiger partial charge >= 0.3 is 17.8 Å². The molecule has 3 heterocycles. The van der Waals surface area contributed by atoms with Gasteiger partial charge in [0.2, 0.25) is 0 Å². The number of hydrogen-bond acceptors (Lipinski definition) is 6. The van der Waals surface area contributed by atoms with E-state index in [1.54, 1.807) is 18.7 Å². The summed E-state index contributed by atoms with van der Waals surface area (Å²) < 4.78 is 45.3. The van der Waals surface area contributed by atoms with Crippen molar-refractivity contribution < 1.29 is 27.5 Å². The Bertz CT molecular complexity index is 1170. The van der Waals surface area contributed by atoms with Crippen molar-refractivity contribution >= 4 is 33.4 Å². The van der Waals surface area contributed by atoms with Crippen molar-refractivity contribution in [2.24, 2.45) is 0 Å². The number of fused-ring (bicyclic) bond motifs is 1. The number of rotatable bonds is 6. The van der Waals surface area contributed by atoms with E-state index < -0.39 is 23.8 Å². The molecular formula is C21H26F3N3O5S. The van der Waals surface area contributed by atoms with Crippen LogP contribution in [-0.4, -0.2) is 51.3 Å². The van der Waals surface area contributed by atoms with Gasteiger partial charge in [-0.05, 0) is 25.8 Å².